The molecule has 0 saturated carbocycles. The van der Waals surface area contributed by atoms with Gasteiger partial charge in [-0.3, -0.25) is 9.78 Å². The van der Waals surface area contributed by atoms with Crippen molar-refractivity contribution in [2.24, 2.45) is 0 Å². The lowest BCUT2D eigenvalue weighted by atomic mass is 10.0. The number of aryl methyl sites for hydroxylation is 1. The molecule has 1 amide bonds. The Kier molecular flexibility index (Phi) is 5.74. The van der Waals surface area contributed by atoms with E-state index in [1.54, 1.807) is 13.3 Å². The minimum absolute atomic E-state index is 0.0287. The van der Waals surface area contributed by atoms with Gasteiger partial charge in [-0.15, -0.1) is 0 Å². The van der Waals surface area contributed by atoms with Gasteiger partial charge in [0.1, 0.15) is 5.75 Å². The van der Waals surface area contributed by atoms with E-state index in [4.69, 9.17) is 4.74 Å². The molecule has 1 heterocycles. The van der Waals surface area contributed by atoms with Crippen molar-refractivity contribution in [2.45, 2.75) is 33.2 Å². The van der Waals surface area contributed by atoms with E-state index >= 15 is 0 Å². The highest BCUT2D eigenvalue weighted by Gasteiger charge is 2.20. The van der Waals surface area contributed by atoms with Crippen LogP contribution in [0.25, 0.3) is 0 Å². The zero-order valence-corrected chi connectivity index (χ0v) is 14.2. The fraction of sp³-hybridized carbons (Fsp3) is 0.368. The van der Waals surface area contributed by atoms with Crippen LogP contribution in [0.5, 0.6) is 5.75 Å². The topological polar surface area (TPSA) is 42.4 Å². The fourth-order valence-corrected chi connectivity index (χ4v) is 2.63. The molecule has 1 atom stereocenters. The molecule has 1 aromatic heterocycles. The first-order valence-corrected chi connectivity index (χ1v) is 7.91. The van der Waals surface area contributed by atoms with Crippen molar-refractivity contribution < 1.29 is 9.53 Å². The Bertz CT molecular complexity index is 635. The summed E-state index contributed by atoms with van der Waals surface area (Å²) in [5.41, 5.74) is 2.74. The minimum atomic E-state index is 0.0287. The van der Waals surface area contributed by atoms with Gasteiger partial charge < -0.3 is 9.64 Å². The molecule has 0 aliphatic rings. The summed E-state index contributed by atoms with van der Waals surface area (Å²) < 4.78 is 5.18. The molecule has 0 N–H and O–H groups in total. The lowest BCUT2D eigenvalue weighted by Crippen LogP contribution is -2.39. The lowest BCUT2D eigenvalue weighted by Gasteiger charge is -2.28. The largest absolute Gasteiger partial charge is 0.497 e. The van der Waals surface area contributed by atoms with Gasteiger partial charge in [-0.1, -0.05) is 12.1 Å². The molecule has 0 bridgehead atoms. The van der Waals surface area contributed by atoms with E-state index in [9.17, 15) is 4.79 Å². The van der Waals surface area contributed by atoms with Crippen molar-refractivity contribution in [1.29, 1.82) is 0 Å². The van der Waals surface area contributed by atoms with Crippen molar-refractivity contribution in [2.75, 3.05) is 13.7 Å². The van der Waals surface area contributed by atoms with Gasteiger partial charge in [0.25, 0.3) is 5.91 Å². The van der Waals surface area contributed by atoms with Crippen molar-refractivity contribution in [3.8, 4) is 5.75 Å². The van der Waals surface area contributed by atoms with Crippen LogP contribution < -0.4 is 4.74 Å². The molecule has 2 rings (SSSR count). The number of nitrogens with zero attached hydrogens (tertiary/aromatic N) is 2. The van der Waals surface area contributed by atoms with Gasteiger partial charge in [-0.2, -0.15) is 0 Å². The molecule has 122 valence electrons. The second-order valence-electron chi connectivity index (χ2n) is 5.68. The molecule has 0 fully saturated rings. The number of methoxy groups -OCH3 is 1. The molecule has 0 aliphatic carbocycles. The first-order chi connectivity index (χ1) is 11.0. The average Bonchev–Trinajstić information content (AvgIpc) is 2.56. The first-order valence-electron chi connectivity index (χ1n) is 7.91. The van der Waals surface area contributed by atoms with Crippen LogP contribution in [0.1, 0.15) is 35.5 Å². The molecule has 0 radical (unpaired) electrons. The Hall–Kier alpha value is -2.36. The van der Waals surface area contributed by atoms with Gasteiger partial charge in [0.15, 0.2) is 0 Å². The molecule has 0 unspecified atom stereocenters. The summed E-state index contributed by atoms with van der Waals surface area (Å²) in [5.74, 6) is 0.872. The normalized spacial score (nSPS) is 11.8. The van der Waals surface area contributed by atoms with Gasteiger partial charge in [0, 0.05) is 24.5 Å². The summed E-state index contributed by atoms with van der Waals surface area (Å²) >= 11 is 0. The second-order valence-corrected chi connectivity index (χ2v) is 5.68. The molecule has 23 heavy (non-hydrogen) atoms. The van der Waals surface area contributed by atoms with Gasteiger partial charge >= 0.3 is 0 Å². The van der Waals surface area contributed by atoms with E-state index in [1.165, 1.54) is 5.56 Å². The highest BCUT2D eigenvalue weighted by atomic mass is 16.5. The second kappa shape index (κ2) is 7.77. The maximum Gasteiger partial charge on any atom is 0.255 e. The van der Waals surface area contributed by atoms with Gasteiger partial charge in [-0.25, -0.2) is 0 Å². The number of pyridine rings is 1. The maximum absolute atomic E-state index is 12.7. The number of ether oxygens (including phenoxy) is 1. The van der Waals surface area contributed by atoms with E-state index in [-0.39, 0.29) is 11.9 Å². The molecule has 4 nitrogen and oxygen atoms in total. The lowest BCUT2D eigenvalue weighted by molar-refractivity contribution is 0.0703. The van der Waals surface area contributed by atoms with Crippen LogP contribution in [0.4, 0.5) is 0 Å². The number of aromatic nitrogens is 1. The number of hydrogen-bond acceptors (Lipinski definition) is 3. The fourth-order valence-electron chi connectivity index (χ4n) is 2.63. The SMILES string of the molecule is CCN(C(=O)c1ccc(C)nc1)[C@@H](C)Cc1ccc(OC)cc1. The van der Waals surface area contributed by atoms with Crippen molar-refractivity contribution in [3.63, 3.8) is 0 Å². The summed E-state index contributed by atoms with van der Waals surface area (Å²) in [6.45, 7) is 6.67. The van der Waals surface area contributed by atoms with Crippen LogP contribution in [0, 0.1) is 6.92 Å². The Morgan fingerprint density at radius 1 is 1.22 bits per heavy atom. The Balaban J connectivity index is 2.09. The summed E-state index contributed by atoms with van der Waals surface area (Å²) in [4.78, 5) is 18.8. The summed E-state index contributed by atoms with van der Waals surface area (Å²) in [6.07, 6.45) is 2.46. The number of likely N-dealkylation sites (N-methyl/N-ethyl adjacent to an activating group) is 1. The van der Waals surface area contributed by atoms with Crippen LogP contribution in [0.3, 0.4) is 0 Å². The maximum atomic E-state index is 12.7. The van der Waals surface area contributed by atoms with Gasteiger partial charge in [0.2, 0.25) is 0 Å². The number of amides is 1. The summed E-state index contributed by atoms with van der Waals surface area (Å²) in [6, 6.07) is 11.8. The third-order valence-electron chi connectivity index (χ3n) is 3.98. The molecule has 1 aromatic carbocycles. The minimum Gasteiger partial charge on any atom is -0.497 e. The molecular formula is C19H24N2O2. The molecule has 2 aromatic rings. The summed E-state index contributed by atoms with van der Waals surface area (Å²) in [5, 5.41) is 0. The van der Waals surface area contributed by atoms with Crippen LogP contribution >= 0.6 is 0 Å². The van der Waals surface area contributed by atoms with E-state index in [1.807, 2.05) is 55.1 Å². The van der Waals surface area contributed by atoms with E-state index in [2.05, 4.69) is 11.9 Å². The van der Waals surface area contributed by atoms with Crippen molar-refractivity contribution in [1.82, 2.24) is 9.88 Å². The molecule has 0 spiro atoms. The van der Waals surface area contributed by atoms with Crippen LogP contribution in [0.2, 0.25) is 0 Å². The van der Waals surface area contributed by atoms with E-state index < -0.39 is 0 Å². The Labute approximate surface area is 138 Å². The monoisotopic (exact) mass is 312 g/mol. The Morgan fingerprint density at radius 2 is 1.91 bits per heavy atom. The highest BCUT2D eigenvalue weighted by Crippen LogP contribution is 2.16. The van der Waals surface area contributed by atoms with Gasteiger partial charge in [-0.05, 0) is 57.0 Å². The van der Waals surface area contributed by atoms with E-state index in [0.717, 1.165) is 17.9 Å². The van der Waals surface area contributed by atoms with Crippen molar-refractivity contribution >= 4 is 5.91 Å². The zero-order valence-electron chi connectivity index (χ0n) is 14.2. The number of hydrogen-bond donors (Lipinski definition) is 0. The van der Waals surface area contributed by atoms with E-state index in [0.29, 0.717) is 12.1 Å². The molecule has 4 heteroatoms. The van der Waals surface area contributed by atoms with Crippen LogP contribution in [-0.2, 0) is 6.42 Å². The number of carbonyl (C=O) groups is 1. The van der Waals surface area contributed by atoms with Crippen LogP contribution in [0.15, 0.2) is 42.6 Å². The standard InChI is InChI=1S/C19H24N2O2/c1-5-21(19(22)17-9-6-14(2)20-13-17)15(3)12-16-7-10-18(23-4)11-8-16/h6-11,13,15H,5,12H2,1-4H3/t15-/m0/s1. The molecular weight excluding hydrogens is 288 g/mol. The first kappa shape index (κ1) is 17.0. The molecule has 0 saturated heterocycles. The quantitative estimate of drug-likeness (QED) is 0.820. The smallest absolute Gasteiger partial charge is 0.255 e. The predicted molar refractivity (Wildman–Crippen MR) is 91.8 cm³/mol. The van der Waals surface area contributed by atoms with Gasteiger partial charge in [0.05, 0.1) is 12.7 Å². The number of benzene rings is 1. The zero-order chi connectivity index (χ0) is 16.8. The predicted octanol–water partition coefficient (Wildman–Crippen LogP) is 3.49. The highest BCUT2D eigenvalue weighted by molar-refractivity contribution is 5.94. The number of carbonyl (C=O) groups excluding carboxylic acids is 1. The summed E-state index contributed by atoms with van der Waals surface area (Å²) in [7, 11) is 1.66. The third-order valence-corrected chi connectivity index (χ3v) is 3.98. The number of rotatable bonds is 6. The van der Waals surface area contributed by atoms with Crippen molar-refractivity contribution in [3.05, 3.63) is 59.4 Å². The average molecular weight is 312 g/mol. The van der Waals surface area contributed by atoms with Crippen LogP contribution in [-0.4, -0.2) is 35.5 Å². The molecule has 0 aliphatic heterocycles. The Morgan fingerprint density at radius 3 is 2.43 bits per heavy atom. The third kappa shape index (κ3) is 4.31.